The standard InChI is InChI=1S/C18H17Cl2NO3/c1-11-5-3-4-6-14(11)18(23)24-10-17(22)21-12(2)13-7-8-15(19)16(20)9-13/h3-9,12H,10H2,1-2H3,(H,21,22). The number of nitrogens with one attached hydrogen (secondary N) is 1. The van der Waals surface area contributed by atoms with E-state index in [4.69, 9.17) is 27.9 Å². The summed E-state index contributed by atoms with van der Waals surface area (Å²) >= 11 is 11.8. The van der Waals surface area contributed by atoms with Crippen LogP contribution in [0.4, 0.5) is 0 Å². The van der Waals surface area contributed by atoms with E-state index < -0.39 is 11.9 Å². The van der Waals surface area contributed by atoms with E-state index in [1.54, 1.807) is 37.3 Å². The number of amides is 1. The first-order chi connectivity index (χ1) is 11.4. The number of aryl methyl sites for hydroxylation is 1. The van der Waals surface area contributed by atoms with Crippen molar-refractivity contribution in [2.24, 2.45) is 0 Å². The SMILES string of the molecule is Cc1ccccc1C(=O)OCC(=O)NC(C)c1ccc(Cl)c(Cl)c1. The minimum atomic E-state index is -0.523. The van der Waals surface area contributed by atoms with Crippen molar-refractivity contribution in [1.29, 1.82) is 0 Å². The number of carbonyl (C=O) groups excluding carboxylic acids is 2. The molecule has 0 heterocycles. The number of esters is 1. The third-order valence-corrected chi connectivity index (χ3v) is 4.26. The molecule has 2 rings (SSSR count). The van der Waals surface area contributed by atoms with Gasteiger partial charge in [-0.3, -0.25) is 4.79 Å². The van der Waals surface area contributed by atoms with Gasteiger partial charge in [-0.05, 0) is 43.2 Å². The highest BCUT2D eigenvalue weighted by Crippen LogP contribution is 2.25. The summed E-state index contributed by atoms with van der Waals surface area (Å²) in [5.74, 6) is -0.916. The Hall–Kier alpha value is -2.04. The van der Waals surface area contributed by atoms with Gasteiger partial charge >= 0.3 is 5.97 Å². The Morgan fingerprint density at radius 1 is 1.12 bits per heavy atom. The Kier molecular flexibility index (Phi) is 6.23. The molecule has 0 saturated carbocycles. The van der Waals surface area contributed by atoms with Gasteiger partial charge in [0.05, 0.1) is 21.7 Å². The largest absolute Gasteiger partial charge is 0.452 e. The molecule has 2 aromatic carbocycles. The second kappa shape index (κ2) is 8.18. The molecule has 1 N–H and O–H groups in total. The summed E-state index contributed by atoms with van der Waals surface area (Å²) in [4.78, 5) is 23.9. The van der Waals surface area contributed by atoms with Crippen LogP contribution in [0.25, 0.3) is 0 Å². The van der Waals surface area contributed by atoms with E-state index in [0.29, 0.717) is 15.6 Å². The van der Waals surface area contributed by atoms with Gasteiger partial charge in [-0.1, -0.05) is 47.5 Å². The Balaban J connectivity index is 1.90. The first-order valence-corrected chi connectivity index (χ1v) is 8.11. The first kappa shape index (κ1) is 18.3. The molecule has 126 valence electrons. The van der Waals surface area contributed by atoms with E-state index in [-0.39, 0.29) is 12.6 Å². The Labute approximate surface area is 150 Å². The van der Waals surface area contributed by atoms with Gasteiger partial charge in [-0.2, -0.15) is 0 Å². The monoisotopic (exact) mass is 365 g/mol. The average Bonchev–Trinajstić information content (AvgIpc) is 2.55. The van der Waals surface area contributed by atoms with Crippen molar-refractivity contribution in [3.63, 3.8) is 0 Å². The van der Waals surface area contributed by atoms with Gasteiger partial charge < -0.3 is 10.1 Å². The lowest BCUT2D eigenvalue weighted by Gasteiger charge is -2.15. The quantitative estimate of drug-likeness (QED) is 0.801. The number of halogens is 2. The number of hydrogen-bond donors (Lipinski definition) is 1. The Morgan fingerprint density at radius 3 is 2.50 bits per heavy atom. The second-order valence-electron chi connectivity index (χ2n) is 5.35. The minimum absolute atomic E-state index is 0.288. The maximum atomic E-state index is 12.0. The molecule has 1 atom stereocenters. The fraction of sp³-hybridized carbons (Fsp3) is 0.222. The molecule has 0 aliphatic heterocycles. The van der Waals surface area contributed by atoms with Gasteiger partial charge in [0.25, 0.3) is 5.91 Å². The molecule has 6 heteroatoms. The summed E-state index contributed by atoms with van der Waals surface area (Å²) in [5.41, 5.74) is 2.05. The van der Waals surface area contributed by atoms with E-state index >= 15 is 0 Å². The molecule has 1 unspecified atom stereocenters. The first-order valence-electron chi connectivity index (χ1n) is 7.35. The highest BCUT2D eigenvalue weighted by molar-refractivity contribution is 6.42. The molecule has 0 aliphatic rings. The molecule has 0 saturated heterocycles. The number of rotatable bonds is 5. The Bertz CT molecular complexity index is 762. The summed E-state index contributed by atoms with van der Waals surface area (Å²) < 4.78 is 5.05. The highest BCUT2D eigenvalue weighted by atomic mass is 35.5. The normalized spacial score (nSPS) is 11.7. The van der Waals surface area contributed by atoms with E-state index in [1.165, 1.54) is 0 Å². The number of carbonyl (C=O) groups is 2. The molecule has 24 heavy (non-hydrogen) atoms. The maximum absolute atomic E-state index is 12.0. The molecule has 0 spiro atoms. The van der Waals surface area contributed by atoms with E-state index in [9.17, 15) is 9.59 Å². The van der Waals surface area contributed by atoms with Crippen molar-refractivity contribution < 1.29 is 14.3 Å². The van der Waals surface area contributed by atoms with Crippen LogP contribution in [-0.4, -0.2) is 18.5 Å². The molecule has 0 aliphatic carbocycles. The van der Waals surface area contributed by atoms with Crippen molar-refractivity contribution in [3.05, 3.63) is 69.2 Å². The summed E-state index contributed by atoms with van der Waals surface area (Å²) in [6.45, 7) is 3.27. The second-order valence-corrected chi connectivity index (χ2v) is 6.17. The maximum Gasteiger partial charge on any atom is 0.338 e. The number of hydrogen-bond acceptors (Lipinski definition) is 3. The van der Waals surface area contributed by atoms with Crippen molar-refractivity contribution in [2.45, 2.75) is 19.9 Å². The van der Waals surface area contributed by atoms with Crippen LogP contribution in [0, 0.1) is 6.92 Å². The van der Waals surface area contributed by atoms with Gasteiger partial charge in [0, 0.05) is 0 Å². The van der Waals surface area contributed by atoms with Crippen molar-refractivity contribution in [1.82, 2.24) is 5.32 Å². The van der Waals surface area contributed by atoms with E-state index in [2.05, 4.69) is 5.32 Å². The summed E-state index contributed by atoms with van der Waals surface area (Å²) in [6.07, 6.45) is 0. The van der Waals surface area contributed by atoms with Crippen LogP contribution in [0.3, 0.4) is 0 Å². The zero-order chi connectivity index (χ0) is 17.7. The van der Waals surface area contributed by atoms with Crippen LogP contribution in [0.2, 0.25) is 10.0 Å². The van der Waals surface area contributed by atoms with Gasteiger partial charge in [-0.25, -0.2) is 4.79 Å². The van der Waals surface area contributed by atoms with Crippen LogP contribution in [-0.2, 0) is 9.53 Å². The number of ether oxygens (including phenoxy) is 1. The predicted octanol–water partition coefficient (Wildman–Crippen LogP) is 4.34. The lowest BCUT2D eigenvalue weighted by atomic mass is 10.1. The molecule has 0 radical (unpaired) electrons. The molecule has 1 amide bonds. The highest BCUT2D eigenvalue weighted by Gasteiger charge is 2.15. The Morgan fingerprint density at radius 2 is 1.83 bits per heavy atom. The molecular weight excluding hydrogens is 349 g/mol. The van der Waals surface area contributed by atoms with Crippen LogP contribution in [0.15, 0.2) is 42.5 Å². The average molecular weight is 366 g/mol. The summed E-state index contributed by atoms with van der Waals surface area (Å²) in [5, 5.41) is 3.61. The molecule has 4 nitrogen and oxygen atoms in total. The topological polar surface area (TPSA) is 55.4 Å². The lowest BCUT2D eigenvalue weighted by Crippen LogP contribution is -2.31. The number of benzene rings is 2. The van der Waals surface area contributed by atoms with E-state index in [1.807, 2.05) is 19.1 Å². The van der Waals surface area contributed by atoms with Crippen molar-refractivity contribution >= 4 is 35.1 Å². The summed E-state index contributed by atoms with van der Waals surface area (Å²) in [7, 11) is 0. The molecule has 0 fully saturated rings. The van der Waals surface area contributed by atoms with Gasteiger partial charge in [-0.15, -0.1) is 0 Å². The fourth-order valence-electron chi connectivity index (χ4n) is 2.16. The summed E-state index contributed by atoms with van der Waals surface area (Å²) in [6, 6.07) is 11.9. The molecule has 0 aromatic heterocycles. The van der Waals surface area contributed by atoms with E-state index in [0.717, 1.165) is 11.1 Å². The van der Waals surface area contributed by atoms with Gasteiger partial charge in [0.1, 0.15) is 0 Å². The minimum Gasteiger partial charge on any atom is -0.452 e. The zero-order valence-corrected chi connectivity index (χ0v) is 14.8. The zero-order valence-electron chi connectivity index (χ0n) is 13.3. The molecule has 0 bridgehead atoms. The van der Waals surface area contributed by atoms with Crippen LogP contribution in [0.1, 0.15) is 34.5 Å². The van der Waals surface area contributed by atoms with Crippen LogP contribution < -0.4 is 5.32 Å². The van der Waals surface area contributed by atoms with Crippen molar-refractivity contribution in [3.8, 4) is 0 Å². The van der Waals surface area contributed by atoms with Gasteiger partial charge in [0.15, 0.2) is 6.61 Å². The third-order valence-electron chi connectivity index (χ3n) is 3.52. The molecular formula is C18H17Cl2NO3. The van der Waals surface area contributed by atoms with Gasteiger partial charge in [0.2, 0.25) is 0 Å². The van der Waals surface area contributed by atoms with Crippen LogP contribution >= 0.6 is 23.2 Å². The predicted molar refractivity (Wildman–Crippen MR) is 94.5 cm³/mol. The fourth-order valence-corrected chi connectivity index (χ4v) is 2.47. The lowest BCUT2D eigenvalue weighted by molar-refractivity contribution is -0.124. The molecule has 2 aromatic rings. The smallest absolute Gasteiger partial charge is 0.338 e. The third kappa shape index (κ3) is 4.73. The van der Waals surface area contributed by atoms with Crippen LogP contribution in [0.5, 0.6) is 0 Å². The van der Waals surface area contributed by atoms with Crippen molar-refractivity contribution in [2.75, 3.05) is 6.61 Å².